The highest BCUT2D eigenvalue weighted by Gasteiger charge is 2.26. The van der Waals surface area contributed by atoms with Gasteiger partial charge in [-0.2, -0.15) is 0 Å². The summed E-state index contributed by atoms with van der Waals surface area (Å²) in [6.07, 6.45) is 6.46. The lowest BCUT2D eigenvalue weighted by Crippen LogP contribution is -2.26. The predicted octanol–water partition coefficient (Wildman–Crippen LogP) is 2.04. The first-order valence-electron chi connectivity index (χ1n) is 5.74. The van der Waals surface area contributed by atoms with Crippen LogP contribution in [-0.4, -0.2) is 35.2 Å². The summed E-state index contributed by atoms with van der Waals surface area (Å²) in [7, 11) is 0. The van der Waals surface area contributed by atoms with Crippen LogP contribution in [0.1, 0.15) is 33.6 Å². The molecule has 0 spiro atoms. The molecular weight excluding hydrogens is 174 g/mol. The summed E-state index contributed by atoms with van der Waals surface area (Å²) in [5.74, 6) is 0.322. The van der Waals surface area contributed by atoms with Crippen molar-refractivity contribution < 1.29 is 5.11 Å². The summed E-state index contributed by atoms with van der Waals surface area (Å²) < 4.78 is 0. The van der Waals surface area contributed by atoms with Crippen molar-refractivity contribution in [3.05, 3.63) is 12.2 Å². The largest absolute Gasteiger partial charge is 0.389 e. The van der Waals surface area contributed by atoms with E-state index in [-0.39, 0.29) is 6.10 Å². The molecular formula is C12H23NO. The van der Waals surface area contributed by atoms with Gasteiger partial charge < -0.3 is 5.11 Å². The summed E-state index contributed by atoms with van der Waals surface area (Å²) in [5.41, 5.74) is 0. The summed E-state index contributed by atoms with van der Waals surface area (Å²) >= 11 is 0. The Morgan fingerprint density at radius 1 is 1.43 bits per heavy atom. The molecule has 0 amide bonds. The standard InChI is InChI=1S/C12H23NO/c1-4-13(11-7-8-11)9-5-6-12(14)10(2)3/h5-6,10-12,14H,4,7-9H2,1-3H3/b6-5+. The zero-order valence-corrected chi connectivity index (χ0v) is 9.61. The Balaban J connectivity index is 2.23. The Hall–Kier alpha value is -0.340. The third kappa shape index (κ3) is 3.81. The van der Waals surface area contributed by atoms with Crippen LogP contribution in [0.3, 0.4) is 0 Å². The molecule has 2 nitrogen and oxygen atoms in total. The molecule has 1 N–H and O–H groups in total. The van der Waals surface area contributed by atoms with E-state index in [1.807, 2.05) is 19.9 Å². The Morgan fingerprint density at radius 2 is 2.07 bits per heavy atom. The van der Waals surface area contributed by atoms with Crippen LogP contribution < -0.4 is 0 Å². The van der Waals surface area contributed by atoms with Gasteiger partial charge in [-0.25, -0.2) is 0 Å². The van der Waals surface area contributed by atoms with Gasteiger partial charge >= 0.3 is 0 Å². The molecule has 0 bridgehead atoms. The van der Waals surface area contributed by atoms with Crippen LogP contribution in [-0.2, 0) is 0 Å². The average molecular weight is 197 g/mol. The summed E-state index contributed by atoms with van der Waals surface area (Å²) in [4.78, 5) is 2.46. The average Bonchev–Trinajstić information content (AvgIpc) is 2.95. The van der Waals surface area contributed by atoms with Gasteiger partial charge in [-0.15, -0.1) is 0 Å². The number of nitrogens with zero attached hydrogens (tertiary/aromatic N) is 1. The lowest BCUT2D eigenvalue weighted by atomic mass is 10.1. The highest BCUT2D eigenvalue weighted by molar-refractivity contribution is 4.95. The van der Waals surface area contributed by atoms with Gasteiger partial charge in [0.1, 0.15) is 0 Å². The van der Waals surface area contributed by atoms with Crippen LogP contribution in [0.4, 0.5) is 0 Å². The van der Waals surface area contributed by atoms with Gasteiger partial charge in [0.15, 0.2) is 0 Å². The van der Waals surface area contributed by atoms with Crippen LogP contribution in [0.2, 0.25) is 0 Å². The quantitative estimate of drug-likeness (QED) is 0.659. The minimum atomic E-state index is -0.284. The molecule has 0 aliphatic heterocycles. The number of likely N-dealkylation sites (N-methyl/N-ethyl adjacent to an activating group) is 1. The number of rotatable bonds is 6. The van der Waals surface area contributed by atoms with Crippen molar-refractivity contribution >= 4 is 0 Å². The van der Waals surface area contributed by atoms with E-state index in [2.05, 4.69) is 17.9 Å². The van der Waals surface area contributed by atoms with Crippen molar-refractivity contribution in [3.8, 4) is 0 Å². The van der Waals surface area contributed by atoms with Crippen molar-refractivity contribution in [1.29, 1.82) is 0 Å². The fraction of sp³-hybridized carbons (Fsp3) is 0.833. The molecule has 1 aliphatic rings. The van der Waals surface area contributed by atoms with Gasteiger partial charge in [-0.05, 0) is 25.3 Å². The van der Waals surface area contributed by atoms with Gasteiger partial charge in [0.05, 0.1) is 6.10 Å². The number of hydrogen-bond acceptors (Lipinski definition) is 2. The highest BCUT2D eigenvalue weighted by Crippen LogP contribution is 2.26. The van der Waals surface area contributed by atoms with E-state index in [0.29, 0.717) is 5.92 Å². The Labute approximate surface area is 87.6 Å². The summed E-state index contributed by atoms with van der Waals surface area (Å²) in [5, 5.41) is 9.56. The molecule has 14 heavy (non-hydrogen) atoms. The smallest absolute Gasteiger partial charge is 0.0744 e. The molecule has 82 valence electrons. The molecule has 2 heteroatoms. The van der Waals surface area contributed by atoms with Crippen molar-refractivity contribution in [1.82, 2.24) is 4.90 Å². The van der Waals surface area contributed by atoms with Crippen LogP contribution in [0.5, 0.6) is 0 Å². The molecule has 1 atom stereocenters. The zero-order chi connectivity index (χ0) is 10.6. The lowest BCUT2D eigenvalue weighted by molar-refractivity contribution is 0.171. The maximum atomic E-state index is 9.56. The van der Waals surface area contributed by atoms with Crippen LogP contribution in [0.25, 0.3) is 0 Å². The second-order valence-corrected chi connectivity index (χ2v) is 4.48. The van der Waals surface area contributed by atoms with E-state index < -0.39 is 0 Å². The van der Waals surface area contributed by atoms with E-state index >= 15 is 0 Å². The lowest BCUT2D eigenvalue weighted by Gasteiger charge is -2.17. The zero-order valence-electron chi connectivity index (χ0n) is 9.61. The Morgan fingerprint density at radius 3 is 2.50 bits per heavy atom. The summed E-state index contributed by atoms with van der Waals surface area (Å²) in [6, 6.07) is 0.820. The topological polar surface area (TPSA) is 23.5 Å². The molecule has 0 aromatic carbocycles. The number of aliphatic hydroxyl groups is 1. The van der Waals surface area contributed by atoms with Crippen molar-refractivity contribution in [3.63, 3.8) is 0 Å². The van der Waals surface area contributed by atoms with E-state index in [1.54, 1.807) is 0 Å². The van der Waals surface area contributed by atoms with Gasteiger partial charge in [-0.1, -0.05) is 32.9 Å². The number of hydrogen-bond donors (Lipinski definition) is 1. The molecule has 1 aliphatic carbocycles. The second kappa shape index (κ2) is 5.52. The minimum absolute atomic E-state index is 0.284. The Bertz CT molecular complexity index is 185. The normalized spacial score (nSPS) is 19.9. The van der Waals surface area contributed by atoms with Crippen molar-refractivity contribution in [2.45, 2.75) is 45.8 Å². The molecule has 0 aromatic heterocycles. The molecule has 1 rings (SSSR count). The number of aliphatic hydroxyl groups excluding tert-OH is 1. The third-order valence-electron chi connectivity index (χ3n) is 2.83. The minimum Gasteiger partial charge on any atom is -0.389 e. The second-order valence-electron chi connectivity index (χ2n) is 4.48. The molecule has 1 unspecified atom stereocenters. The molecule has 1 fully saturated rings. The maximum Gasteiger partial charge on any atom is 0.0744 e. The molecule has 1 saturated carbocycles. The van der Waals surface area contributed by atoms with Gasteiger partial charge in [0.25, 0.3) is 0 Å². The fourth-order valence-electron chi connectivity index (χ4n) is 1.53. The molecule has 0 radical (unpaired) electrons. The van der Waals surface area contributed by atoms with E-state index in [0.717, 1.165) is 19.1 Å². The van der Waals surface area contributed by atoms with Crippen molar-refractivity contribution in [2.75, 3.05) is 13.1 Å². The summed E-state index contributed by atoms with van der Waals surface area (Å²) in [6.45, 7) is 8.38. The van der Waals surface area contributed by atoms with Gasteiger partial charge in [0.2, 0.25) is 0 Å². The third-order valence-corrected chi connectivity index (χ3v) is 2.83. The molecule has 0 heterocycles. The Kier molecular flexibility index (Phi) is 4.63. The molecule has 0 aromatic rings. The van der Waals surface area contributed by atoms with E-state index in [1.165, 1.54) is 12.8 Å². The predicted molar refractivity (Wildman–Crippen MR) is 60.3 cm³/mol. The first-order valence-corrected chi connectivity index (χ1v) is 5.74. The fourth-order valence-corrected chi connectivity index (χ4v) is 1.53. The van der Waals surface area contributed by atoms with Crippen LogP contribution in [0, 0.1) is 5.92 Å². The van der Waals surface area contributed by atoms with E-state index in [9.17, 15) is 5.11 Å². The monoisotopic (exact) mass is 197 g/mol. The first kappa shape index (κ1) is 11.7. The van der Waals surface area contributed by atoms with Crippen LogP contribution >= 0.6 is 0 Å². The molecule has 0 saturated heterocycles. The SMILES string of the molecule is CCN(C/C=C/C(O)C(C)C)C1CC1. The maximum absolute atomic E-state index is 9.56. The van der Waals surface area contributed by atoms with Crippen LogP contribution in [0.15, 0.2) is 12.2 Å². The van der Waals surface area contributed by atoms with Gasteiger partial charge in [-0.3, -0.25) is 4.90 Å². The van der Waals surface area contributed by atoms with Gasteiger partial charge in [0, 0.05) is 12.6 Å². The van der Waals surface area contributed by atoms with Crippen molar-refractivity contribution in [2.24, 2.45) is 5.92 Å². The van der Waals surface area contributed by atoms with E-state index in [4.69, 9.17) is 0 Å². The highest BCUT2D eigenvalue weighted by atomic mass is 16.3. The first-order chi connectivity index (χ1) is 6.65.